The van der Waals surface area contributed by atoms with E-state index in [9.17, 15) is 10.2 Å². The van der Waals surface area contributed by atoms with E-state index in [2.05, 4.69) is 10.3 Å². The number of nitrogens with one attached hydrogen (secondary N) is 1. The summed E-state index contributed by atoms with van der Waals surface area (Å²) in [6.45, 7) is 0.402. The Balaban J connectivity index is 1.47. The van der Waals surface area contributed by atoms with Crippen LogP contribution in [0.4, 0.5) is 0 Å². The second-order valence-electron chi connectivity index (χ2n) is 6.98. The number of hydrogen-bond donors (Lipinski definition) is 3. The lowest BCUT2D eigenvalue weighted by atomic mass is 10.1. The number of benzene rings is 2. The number of ether oxygens (including phenoxy) is 2. The molecule has 0 saturated carbocycles. The van der Waals surface area contributed by atoms with Gasteiger partial charge in [0.2, 0.25) is 5.88 Å². The van der Waals surface area contributed by atoms with E-state index < -0.39 is 6.10 Å². The van der Waals surface area contributed by atoms with E-state index >= 15 is 0 Å². The van der Waals surface area contributed by atoms with Crippen LogP contribution in [-0.4, -0.2) is 47.1 Å². The minimum atomic E-state index is -0.697. The maximum absolute atomic E-state index is 10.1. The summed E-state index contributed by atoms with van der Waals surface area (Å²) in [5.41, 5.74) is 1.36. The van der Waals surface area contributed by atoms with Gasteiger partial charge in [-0.1, -0.05) is 30.3 Å². The zero-order chi connectivity index (χ0) is 21.9. The molecule has 7 heteroatoms. The number of aromatic nitrogens is 1. The third-order valence-electron chi connectivity index (χ3n) is 4.56. The molecular formula is C24H25N3O4. The molecule has 0 amide bonds. The Bertz CT molecular complexity index is 974. The molecule has 1 aromatic heterocycles. The number of pyridine rings is 1. The van der Waals surface area contributed by atoms with Crippen LogP contribution in [0.25, 0.3) is 0 Å². The van der Waals surface area contributed by atoms with Crippen molar-refractivity contribution in [2.75, 3.05) is 19.8 Å². The number of rotatable bonds is 11. The fraction of sp³-hybridized carbons (Fsp3) is 0.250. The van der Waals surface area contributed by atoms with Gasteiger partial charge in [0.05, 0.1) is 6.61 Å². The first-order valence-electron chi connectivity index (χ1n) is 10.00. The van der Waals surface area contributed by atoms with Gasteiger partial charge in [-0.2, -0.15) is 5.26 Å². The summed E-state index contributed by atoms with van der Waals surface area (Å²) in [4.78, 5) is 4.08. The second kappa shape index (κ2) is 11.7. The Morgan fingerprint density at radius 3 is 2.48 bits per heavy atom. The molecule has 1 unspecified atom stereocenters. The summed E-state index contributed by atoms with van der Waals surface area (Å²) in [5.74, 6) is 1.54. The van der Waals surface area contributed by atoms with Gasteiger partial charge in [-0.15, -0.1) is 0 Å². The van der Waals surface area contributed by atoms with Crippen molar-refractivity contribution in [1.82, 2.24) is 10.3 Å². The first-order valence-corrected chi connectivity index (χ1v) is 10.00. The first-order chi connectivity index (χ1) is 15.2. The van der Waals surface area contributed by atoms with E-state index in [0.717, 1.165) is 5.56 Å². The van der Waals surface area contributed by atoms with E-state index in [1.165, 1.54) is 0 Å². The molecule has 2 atom stereocenters. The largest absolute Gasteiger partial charge is 0.491 e. The standard InChI is InChI=1S/C24H25N3O4/c25-14-19-5-4-12-26-24(19)31-23-10-8-18(9-11-23)13-20(16-28)27-15-21(29)17-30-22-6-2-1-3-7-22/h1-12,20-21,27-29H,13,15-17H2/t20-,21?/m0/s1. The van der Waals surface area contributed by atoms with E-state index in [1.54, 1.807) is 30.5 Å². The number of aliphatic hydroxyl groups is 2. The average molecular weight is 419 g/mol. The van der Waals surface area contributed by atoms with Crippen LogP contribution in [0.15, 0.2) is 72.9 Å². The highest BCUT2D eigenvalue weighted by Gasteiger charge is 2.12. The minimum Gasteiger partial charge on any atom is -0.491 e. The summed E-state index contributed by atoms with van der Waals surface area (Å²) >= 11 is 0. The van der Waals surface area contributed by atoms with Crippen molar-refractivity contribution in [2.24, 2.45) is 0 Å². The van der Waals surface area contributed by atoms with Crippen LogP contribution in [-0.2, 0) is 6.42 Å². The highest BCUT2D eigenvalue weighted by molar-refractivity contribution is 5.40. The number of para-hydroxylation sites is 1. The molecule has 3 aromatic rings. The average Bonchev–Trinajstić information content (AvgIpc) is 2.82. The summed E-state index contributed by atoms with van der Waals surface area (Å²) in [6, 6.07) is 21.8. The zero-order valence-electron chi connectivity index (χ0n) is 17.0. The van der Waals surface area contributed by atoms with E-state index in [4.69, 9.17) is 14.7 Å². The molecule has 0 spiro atoms. The van der Waals surface area contributed by atoms with Crippen LogP contribution in [0.2, 0.25) is 0 Å². The Morgan fingerprint density at radius 2 is 1.77 bits per heavy atom. The van der Waals surface area contributed by atoms with Gasteiger partial charge in [0, 0.05) is 18.8 Å². The number of nitriles is 1. The maximum Gasteiger partial charge on any atom is 0.237 e. The predicted molar refractivity (Wildman–Crippen MR) is 116 cm³/mol. The fourth-order valence-corrected chi connectivity index (χ4v) is 2.92. The Hall–Kier alpha value is -3.44. The van der Waals surface area contributed by atoms with Crippen molar-refractivity contribution in [3.05, 3.63) is 84.1 Å². The van der Waals surface area contributed by atoms with Gasteiger partial charge in [-0.25, -0.2) is 4.98 Å². The lowest BCUT2D eigenvalue weighted by Gasteiger charge is -2.19. The summed E-state index contributed by atoms with van der Waals surface area (Å²) in [7, 11) is 0. The van der Waals surface area contributed by atoms with Gasteiger partial charge < -0.3 is 25.0 Å². The summed E-state index contributed by atoms with van der Waals surface area (Å²) in [6.07, 6.45) is 1.45. The molecule has 0 radical (unpaired) electrons. The molecule has 0 saturated heterocycles. The van der Waals surface area contributed by atoms with Gasteiger partial charge in [0.1, 0.15) is 35.8 Å². The molecule has 3 rings (SSSR count). The van der Waals surface area contributed by atoms with E-state index in [0.29, 0.717) is 30.0 Å². The topological polar surface area (TPSA) is 108 Å². The Kier molecular flexibility index (Phi) is 8.38. The molecule has 1 heterocycles. The lowest BCUT2D eigenvalue weighted by molar-refractivity contribution is 0.0997. The van der Waals surface area contributed by atoms with Crippen LogP contribution < -0.4 is 14.8 Å². The van der Waals surface area contributed by atoms with Gasteiger partial charge in [0.15, 0.2) is 0 Å². The van der Waals surface area contributed by atoms with Gasteiger partial charge in [-0.05, 0) is 48.4 Å². The molecule has 3 N–H and O–H groups in total. The summed E-state index contributed by atoms with van der Waals surface area (Å²) in [5, 5.41) is 32.1. The highest BCUT2D eigenvalue weighted by atomic mass is 16.5. The zero-order valence-corrected chi connectivity index (χ0v) is 17.0. The normalized spacial score (nSPS) is 12.5. The van der Waals surface area contributed by atoms with Crippen LogP contribution in [0.1, 0.15) is 11.1 Å². The Morgan fingerprint density at radius 1 is 1.00 bits per heavy atom. The molecule has 0 aliphatic rings. The smallest absolute Gasteiger partial charge is 0.237 e. The predicted octanol–water partition coefficient (Wildman–Crippen LogP) is 2.68. The van der Waals surface area contributed by atoms with Gasteiger partial charge >= 0.3 is 0 Å². The minimum absolute atomic E-state index is 0.0655. The first kappa shape index (κ1) is 22.2. The number of aliphatic hydroxyl groups excluding tert-OH is 2. The van der Waals surface area contributed by atoms with Gasteiger partial charge in [-0.3, -0.25) is 0 Å². The van der Waals surface area contributed by atoms with Crippen molar-refractivity contribution in [3.63, 3.8) is 0 Å². The van der Waals surface area contributed by atoms with Crippen molar-refractivity contribution < 1.29 is 19.7 Å². The third kappa shape index (κ3) is 7.08. The van der Waals surface area contributed by atoms with E-state index in [1.807, 2.05) is 48.5 Å². The van der Waals surface area contributed by atoms with Crippen LogP contribution >= 0.6 is 0 Å². The molecule has 0 aliphatic carbocycles. The Labute approximate surface area is 181 Å². The molecular weight excluding hydrogens is 394 g/mol. The van der Waals surface area contributed by atoms with Crippen molar-refractivity contribution in [2.45, 2.75) is 18.6 Å². The third-order valence-corrected chi connectivity index (χ3v) is 4.56. The summed E-state index contributed by atoms with van der Waals surface area (Å²) < 4.78 is 11.2. The maximum atomic E-state index is 10.1. The highest BCUT2D eigenvalue weighted by Crippen LogP contribution is 2.23. The van der Waals surface area contributed by atoms with Gasteiger partial charge in [0.25, 0.3) is 0 Å². The van der Waals surface area contributed by atoms with Crippen molar-refractivity contribution in [1.29, 1.82) is 5.26 Å². The number of nitrogens with zero attached hydrogens (tertiary/aromatic N) is 2. The second-order valence-corrected chi connectivity index (χ2v) is 6.98. The quantitative estimate of drug-likeness (QED) is 0.439. The van der Waals surface area contributed by atoms with Crippen molar-refractivity contribution in [3.8, 4) is 23.4 Å². The monoisotopic (exact) mass is 419 g/mol. The molecule has 0 bridgehead atoms. The van der Waals surface area contributed by atoms with E-state index in [-0.39, 0.29) is 25.1 Å². The number of hydrogen-bond acceptors (Lipinski definition) is 7. The molecule has 0 aliphatic heterocycles. The fourth-order valence-electron chi connectivity index (χ4n) is 2.92. The molecule has 31 heavy (non-hydrogen) atoms. The lowest BCUT2D eigenvalue weighted by Crippen LogP contribution is -2.41. The molecule has 7 nitrogen and oxygen atoms in total. The van der Waals surface area contributed by atoms with Crippen molar-refractivity contribution >= 4 is 0 Å². The molecule has 160 valence electrons. The molecule has 2 aromatic carbocycles. The van der Waals surface area contributed by atoms with Crippen LogP contribution in [0.5, 0.6) is 17.4 Å². The van der Waals surface area contributed by atoms with Crippen LogP contribution in [0, 0.1) is 11.3 Å². The molecule has 0 fully saturated rings. The van der Waals surface area contributed by atoms with Crippen LogP contribution in [0.3, 0.4) is 0 Å². The SMILES string of the molecule is N#Cc1cccnc1Oc1ccc(C[C@@H](CO)NCC(O)COc2ccccc2)cc1.